The summed E-state index contributed by atoms with van der Waals surface area (Å²) in [7, 11) is 0. The molecule has 0 aliphatic heterocycles. The number of anilines is 1. The molecule has 0 aliphatic carbocycles. The highest BCUT2D eigenvalue weighted by Gasteiger charge is 2.10. The van der Waals surface area contributed by atoms with Crippen LogP contribution < -0.4 is 11.1 Å². The lowest BCUT2D eigenvalue weighted by Gasteiger charge is -2.06. The Labute approximate surface area is 134 Å². The Bertz CT molecular complexity index is 1090. The first-order valence-corrected chi connectivity index (χ1v) is 7.10. The number of nitrogens with zero attached hydrogens (tertiary/aromatic N) is 2. The van der Waals surface area contributed by atoms with Crippen LogP contribution in [0.3, 0.4) is 0 Å². The number of nitrogens with one attached hydrogen (secondary N) is 3. The minimum atomic E-state index is -0.632. The van der Waals surface area contributed by atoms with Crippen LogP contribution >= 0.6 is 0 Å². The number of amides is 1. The van der Waals surface area contributed by atoms with Crippen LogP contribution in [0.15, 0.2) is 58.1 Å². The van der Waals surface area contributed by atoms with Gasteiger partial charge in [0.05, 0.1) is 17.4 Å². The quantitative estimate of drug-likeness (QED) is 0.534. The second-order valence-electron chi connectivity index (χ2n) is 5.11. The summed E-state index contributed by atoms with van der Waals surface area (Å²) >= 11 is 0. The fraction of sp³-hybridized carbons (Fsp3) is 0. The van der Waals surface area contributed by atoms with Crippen molar-refractivity contribution < 1.29 is 9.32 Å². The van der Waals surface area contributed by atoms with Gasteiger partial charge in [-0.3, -0.25) is 14.3 Å². The Morgan fingerprint density at radius 3 is 2.92 bits per heavy atom. The maximum absolute atomic E-state index is 12.4. The van der Waals surface area contributed by atoms with Crippen molar-refractivity contribution in [1.82, 2.24) is 20.1 Å². The summed E-state index contributed by atoms with van der Waals surface area (Å²) in [6, 6.07) is 12.1. The van der Waals surface area contributed by atoms with Crippen molar-refractivity contribution in [3.8, 4) is 11.4 Å². The lowest BCUT2D eigenvalue weighted by atomic mass is 10.1. The van der Waals surface area contributed by atoms with Crippen LogP contribution in [0.25, 0.3) is 22.4 Å². The lowest BCUT2D eigenvalue weighted by molar-refractivity contribution is 0.102. The lowest BCUT2D eigenvalue weighted by Crippen LogP contribution is -2.11. The van der Waals surface area contributed by atoms with Gasteiger partial charge < -0.3 is 10.3 Å². The molecule has 4 aromatic rings. The number of carbonyl (C=O) groups is 1. The molecule has 0 radical (unpaired) electrons. The second-order valence-corrected chi connectivity index (χ2v) is 5.11. The summed E-state index contributed by atoms with van der Waals surface area (Å²) in [4.78, 5) is 33.0. The Hall–Kier alpha value is -3.68. The van der Waals surface area contributed by atoms with Gasteiger partial charge in [-0.05, 0) is 30.3 Å². The Morgan fingerprint density at radius 2 is 2.08 bits per heavy atom. The van der Waals surface area contributed by atoms with Crippen LogP contribution in [-0.2, 0) is 0 Å². The number of carbonyl (C=O) groups excluding carboxylic acids is 1. The molecule has 3 N–H and O–H groups in total. The number of benzene rings is 2. The first-order chi connectivity index (χ1) is 11.7. The zero-order valence-electron chi connectivity index (χ0n) is 12.2. The van der Waals surface area contributed by atoms with Crippen LogP contribution in [-0.4, -0.2) is 26.0 Å². The number of aromatic amines is 2. The van der Waals surface area contributed by atoms with E-state index in [1.807, 2.05) is 0 Å². The highest BCUT2D eigenvalue weighted by molar-refractivity contribution is 6.06. The van der Waals surface area contributed by atoms with Gasteiger partial charge in [0.2, 0.25) is 0 Å². The van der Waals surface area contributed by atoms with Crippen molar-refractivity contribution in [3.05, 3.63) is 64.9 Å². The normalized spacial score (nSPS) is 10.8. The van der Waals surface area contributed by atoms with E-state index >= 15 is 0 Å². The maximum Gasteiger partial charge on any atom is 0.439 e. The van der Waals surface area contributed by atoms with Crippen LogP contribution in [0, 0.1) is 0 Å². The SMILES string of the molecule is O=C(Nc1cccc(-c2noc(=O)[nH]2)c1)c1ccc2nc[nH]c2c1. The molecule has 0 atom stereocenters. The molecule has 0 aliphatic rings. The number of imidazole rings is 1. The molecule has 0 bridgehead atoms. The third-order valence-electron chi connectivity index (χ3n) is 3.52. The molecule has 0 saturated carbocycles. The van der Waals surface area contributed by atoms with E-state index in [-0.39, 0.29) is 5.91 Å². The topological polar surface area (TPSA) is 117 Å². The number of H-pyrrole nitrogens is 2. The van der Waals surface area contributed by atoms with Gasteiger partial charge >= 0.3 is 5.76 Å². The number of hydrogen-bond donors (Lipinski definition) is 3. The molecule has 118 valence electrons. The zero-order valence-corrected chi connectivity index (χ0v) is 12.2. The first-order valence-electron chi connectivity index (χ1n) is 7.10. The van der Waals surface area contributed by atoms with Gasteiger partial charge in [-0.15, -0.1) is 0 Å². The fourth-order valence-corrected chi connectivity index (χ4v) is 2.38. The maximum atomic E-state index is 12.4. The van der Waals surface area contributed by atoms with E-state index in [0.29, 0.717) is 22.6 Å². The van der Waals surface area contributed by atoms with E-state index < -0.39 is 5.76 Å². The average Bonchev–Trinajstić information content (AvgIpc) is 3.23. The van der Waals surface area contributed by atoms with Gasteiger partial charge in [0.15, 0.2) is 5.82 Å². The predicted molar refractivity (Wildman–Crippen MR) is 86.6 cm³/mol. The Balaban J connectivity index is 1.60. The summed E-state index contributed by atoms with van der Waals surface area (Å²) in [6.07, 6.45) is 1.58. The highest BCUT2D eigenvalue weighted by atomic mass is 16.5. The average molecular weight is 321 g/mol. The number of aromatic nitrogens is 4. The smallest absolute Gasteiger partial charge is 0.345 e. The van der Waals surface area contributed by atoms with E-state index in [9.17, 15) is 9.59 Å². The van der Waals surface area contributed by atoms with E-state index in [2.05, 4.69) is 29.9 Å². The summed E-state index contributed by atoms with van der Waals surface area (Å²) in [5, 5.41) is 6.43. The zero-order chi connectivity index (χ0) is 16.5. The molecule has 0 unspecified atom stereocenters. The van der Waals surface area contributed by atoms with Crippen molar-refractivity contribution in [1.29, 1.82) is 0 Å². The van der Waals surface area contributed by atoms with E-state index in [4.69, 9.17) is 0 Å². The largest absolute Gasteiger partial charge is 0.439 e. The highest BCUT2D eigenvalue weighted by Crippen LogP contribution is 2.19. The van der Waals surface area contributed by atoms with Gasteiger partial charge in [-0.2, -0.15) is 0 Å². The van der Waals surface area contributed by atoms with Gasteiger partial charge in [0.1, 0.15) is 0 Å². The van der Waals surface area contributed by atoms with Crippen molar-refractivity contribution in [2.24, 2.45) is 0 Å². The summed E-state index contributed by atoms with van der Waals surface area (Å²) in [5.41, 5.74) is 3.29. The number of hydrogen-bond acceptors (Lipinski definition) is 5. The fourth-order valence-electron chi connectivity index (χ4n) is 2.38. The summed E-state index contributed by atoms with van der Waals surface area (Å²) < 4.78 is 4.48. The molecule has 1 amide bonds. The van der Waals surface area contributed by atoms with E-state index in [1.165, 1.54) is 0 Å². The van der Waals surface area contributed by atoms with Crippen molar-refractivity contribution in [3.63, 3.8) is 0 Å². The van der Waals surface area contributed by atoms with Crippen LogP contribution in [0.1, 0.15) is 10.4 Å². The molecular weight excluding hydrogens is 310 g/mol. The number of fused-ring (bicyclic) bond motifs is 1. The van der Waals surface area contributed by atoms with Gasteiger partial charge in [0, 0.05) is 16.8 Å². The second kappa shape index (κ2) is 5.51. The van der Waals surface area contributed by atoms with E-state index in [1.54, 1.807) is 48.8 Å². The Morgan fingerprint density at radius 1 is 1.17 bits per heavy atom. The molecule has 2 aromatic heterocycles. The third kappa shape index (κ3) is 2.56. The van der Waals surface area contributed by atoms with Crippen LogP contribution in [0.2, 0.25) is 0 Å². The molecule has 4 rings (SSSR count). The minimum Gasteiger partial charge on any atom is -0.345 e. The molecule has 24 heavy (non-hydrogen) atoms. The molecule has 0 spiro atoms. The van der Waals surface area contributed by atoms with Crippen molar-refractivity contribution >= 4 is 22.6 Å². The molecular formula is C16H11N5O3. The van der Waals surface area contributed by atoms with E-state index in [0.717, 1.165) is 11.0 Å². The monoisotopic (exact) mass is 321 g/mol. The predicted octanol–water partition coefficient (Wildman–Crippen LogP) is 2.16. The van der Waals surface area contributed by atoms with Gasteiger partial charge in [0.25, 0.3) is 5.91 Å². The molecule has 0 saturated heterocycles. The van der Waals surface area contributed by atoms with Gasteiger partial charge in [-0.1, -0.05) is 17.3 Å². The summed E-state index contributed by atoms with van der Waals surface area (Å²) in [6.45, 7) is 0. The van der Waals surface area contributed by atoms with Crippen LogP contribution in [0.5, 0.6) is 0 Å². The standard InChI is InChI=1S/C16H11N5O3/c22-15(10-4-5-12-13(7-10)18-8-17-12)19-11-3-1-2-9(6-11)14-20-16(23)24-21-14/h1-8H,(H,17,18)(H,19,22)(H,20,21,23). The molecule has 2 aromatic carbocycles. The minimum absolute atomic E-state index is 0.253. The molecule has 2 heterocycles. The third-order valence-corrected chi connectivity index (χ3v) is 3.52. The molecule has 8 nitrogen and oxygen atoms in total. The van der Waals surface area contributed by atoms with Crippen molar-refractivity contribution in [2.45, 2.75) is 0 Å². The molecule has 0 fully saturated rings. The molecule has 8 heteroatoms. The first kappa shape index (κ1) is 13.9. The van der Waals surface area contributed by atoms with Crippen molar-refractivity contribution in [2.75, 3.05) is 5.32 Å². The Kier molecular flexibility index (Phi) is 3.20. The van der Waals surface area contributed by atoms with Crippen LogP contribution in [0.4, 0.5) is 5.69 Å². The number of rotatable bonds is 3. The van der Waals surface area contributed by atoms with Gasteiger partial charge in [-0.25, -0.2) is 9.78 Å². The summed E-state index contributed by atoms with van der Waals surface area (Å²) in [5.74, 6) is -0.584.